The second-order valence-electron chi connectivity index (χ2n) is 5.88. The van der Waals surface area contributed by atoms with Crippen LogP contribution < -0.4 is 10.6 Å². The van der Waals surface area contributed by atoms with Gasteiger partial charge in [0, 0.05) is 19.6 Å². The maximum Gasteiger partial charge on any atom is 0.228 e. The number of hydrogen-bond donors (Lipinski definition) is 2. The van der Waals surface area contributed by atoms with E-state index in [0.29, 0.717) is 6.54 Å². The normalized spacial score (nSPS) is 18.6. The zero-order valence-electron chi connectivity index (χ0n) is 11.9. The molecule has 0 saturated heterocycles. The Hall–Kier alpha value is -2.13. The smallest absolute Gasteiger partial charge is 0.228 e. The van der Waals surface area contributed by atoms with Crippen LogP contribution in [0.5, 0.6) is 0 Å². The van der Waals surface area contributed by atoms with Gasteiger partial charge in [0.25, 0.3) is 0 Å². The summed E-state index contributed by atoms with van der Waals surface area (Å²) in [4.78, 5) is 12.3. The van der Waals surface area contributed by atoms with Gasteiger partial charge in [0.05, 0.1) is 5.92 Å². The molecule has 1 aliphatic carbocycles. The van der Waals surface area contributed by atoms with E-state index in [0.717, 1.165) is 19.5 Å². The number of rotatable bonds is 3. The molecule has 2 aliphatic rings. The second-order valence-corrected chi connectivity index (χ2v) is 5.88. The fourth-order valence-electron chi connectivity index (χ4n) is 3.26. The fourth-order valence-corrected chi connectivity index (χ4v) is 3.26. The van der Waals surface area contributed by atoms with Crippen LogP contribution in [0.4, 0.5) is 0 Å². The first-order valence-electron chi connectivity index (χ1n) is 7.48. The number of carbonyl (C=O) groups is 1. The van der Waals surface area contributed by atoms with Crippen LogP contribution >= 0.6 is 0 Å². The highest BCUT2D eigenvalue weighted by Crippen LogP contribution is 2.34. The van der Waals surface area contributed by atoms with Gasteiger partial charge >= 0.3 is 0 Å². The molecular weight excluding hydrogens is 260 g/mol. The molecule has 2 aromatic carbocycles. The molecule has 0 aromatic heterocycles. The van der Waals surface area contributed by atoms with Crippen molar-refractivity contribution in [1.82, 2.24) is 10.6 Å². The van der Waals surface area contributed by atoms with Crippen molar-refractivity contribution in [3.8, 4) is 0 Å². The summed E-state index contributed by atoms with van der Waals surface area (Å²) in [5, 5.41) is 6.41. The molecule has 4 rings (SSSR count). The van der Waals surface area contributed by atoms with Gasteiger partial charge in [-0.3, -0.25) is 4.79 Å². The van der Waals surface area contributed by atoms with E-state index >= 15 is 0 Å². The van der Waals surface area contributed by atoms with E-state index in [4.69, 9.17) is 0 Å². The van der Waals surface area contributed by atoms with E-state index in [1.165, 1.54) is 27.8 Å². The van der Waals surface area contributed by atoms with Crippen LogP contribution in [0.1, 0.15) is 33.7 Å². The van der Waals surface area contributed by atoms with E-state index in [9.17, 15) is 4.79 Å². The minimum Gasteiger partial charge on any atom is -0.351 e. The Morgan fingerprint density at radius 1 is 1.10 bits per heavy atom. The van der Waals surface area contributed by atoms with Gasteiger partial charge in [-0.2, -0.15) is 0 Å². The second kappa shape index (κ2) is 5.01. The molecule has 3 heteroatoms. The molecule has 0 saturated carbocycles. The third kappa shape index (κ3) is 2.24. The summed E-state index contributed by atoms with van der Waals surface area (Å²) in [7, 11) is 0. The molecule has 21 heavy (non-hydrogen) atoms. The topological polar surface area (TPSA) is 41.1 Å². The molecule has 106 valence electrons. The molecule has 1 heterocycles. The van der Waals surface area contributed by atoms with Gasteiger partial charge in [-0.25, -0.2) is 0 Å². The van der Waals surface area contributed by atoms with Crippen LogP contribution in [0.25, 0.3) is 0 Å². The van der Waals surface area contributed by atoms with Crippen LogP contribution in [0.3, 0.4) is 0 Å². The summed E-state index contributed by atoms with van der Waals surface area (Å²) >= 11 is 0. The van der Waals surface area contributed by atoms with Gasteiger partial charge in [-0.1, -0.05) is 42.5 Å². The standard InChI is InChI=1S/C18H18N2O/c21-18(17-8-13-3-1-2-4-16(13)17)20-9-12-5-6-14-10-19-11-15(14)7-12/h1-7,17,19H,8-11H2,(H,20,21). The summed E-state index contributed by atoms with van der Waals surface area (Å²) in [6.45, 7) is 2.51. The van der Waals surface area contributed by atoms with Crippen molar-refractivity contribution >= 4 is 5.91 Å². The van der Waals surface area contributed by atoms with Crippen LogP contribution in [-0.4, -0.2) is 5.91 Å². The number of hydrogen-bond acceptors (Lipinski definition) is 2. The first-order valence-corrected chi connectivity index (χ1v) is 7.48. The molecule has 0 radical (unpaired) electrons. The molecule has 3 nitrogen and oxygen atoms in total. The lowest BCUT2D eigenvalue weighted by Crippen LogP contribution is -2.35. The van der Waals surface area contributed by atoms with Crippen LogP contribution in [0, 0.1) is 0 Å². The predicted octanol–water partition coefficient (Wildman–Crippen LogP) is 2.25. The zero-order valence-corrected chi connectivity index (χ0v) is 11.9. The van der Waals surface area contributed by atoms with Crippen molar-refractivity contribution < 1.29 is 4.79 Å². The number of carbonyl (C=O) groups excluding carboxylic acids is 1. The SMILES string of the molecule is O=C(NCc1ccc2c(c1)CNC2)C1Cc2ccccc21. The van der Waals surface area contributed by atoms with Crippen molar-refractivity contribution in [2.75, 3.05) is 0 Å². The minimum absolute atomic E-state index is 0.0392. The molecule has 1 unspecified atom stereocenters. The first-order chi connectivity index (χ1) is 10.3. The third-order valence-electron chi connectivity index (χ3n) is 4.54. The number of amides is 1. The molecule has 1 atom stereocenters. The summed E-state index contributed by atoms with van der Waals surface area (Å²) in [5.41, 5.74) is 6.40. The first kappa shape index (κ1) is 12.6. The molecular formula is C18H18N2O. The number of benzene rings is 2. The molecule has 0 fully saturated rings. The fraction of sp³-hybridized carbons (Fsp3) is 0.278. The summed E-state index contributed by atoms with van der Waals surface area (Å²) in [6.07, 6.45) is 0.871. The van der Waals surface area contributed by atoms with Crippen molar-refractivity contribution in [2.45, 2.75) is 32.0 Å². The molecule has 1 amide bonds. The predicted molar refractivity (Wildman–Crippen MR) is 81.7 cm³/mol. The molecule has 0 spiro atoms. The number of nitrogens with one attached hydrogen (secondary N) is 2. The van der Waals surface area contributed by atoms with Gasteiger partial charge in [-0.15, -0.1) is 0 Å². The van der Waals surface area contributed by atoms with Crippen molar-refractivity contribution in [1.29, 1.82) is 0 Å². The van der Waals surface area contributed by atoms with E-state index in [1.807, 2.05) is 12.1 Å². The Morgan fingerprint density at radius 2 is 1.95 bits per heavy atom. The van der Waals surface area contributed by atoms with Crippen LogP contribution in [0.15, 0.2) is 42.5 Å². The van der Waals surface area contributed by atoms with Gasteiger partial charge in [0.15, 0.2) is 0 Å². The summed E-state index contributed by atoms with van der Waals surface area (Å²) < 4.78 is 0. The average Bonchev–Trinajstić information content (AvgIpc) is 2.94. The largest absolute Gasteiger partial charge is 0.351 e. The quantitative estimate of drug-likeness (QED) is 0.904. The Kier molecular flexibility index (Phi) is 3.00. The van der Waals surface area contributed by atoms with Crippen LogP contribution in [-0.2, 0) is 30.8 Å². The molecule has 2 N–H and O–H groups in total. The Morgan fingerprint density at radius 3 is 2.86 bits per heavy atom. The van der Waals surface area contributed by atoms with E-state index in [-0.39, 0.29) is 11.8 Å². The van der Waals surface area contributed by atoms with Crippen molar-refractivity contribution in [3.63, 3.8) is 0 Å². The Balaban J connectivity index is 1.40. The van der Waals surface area contributed by atoms with Crippen LogP contribution in [0.2, 0.25) is 0 Å². The molecule has 0 bridgehead atoms. The van der Waals surface area contributed by atoms with Gasteiger partial charge in [0.1, 0.15) is 0 Å². The Bertz CT molecular complexity index is 708. The van der Waals surface area contributed by atoms with Gasteiger partial charge in [0.2, 0.25) is 5.91 Å². The maximum atomic E-state index is 12.3. The summed E-state index contributed by atoms with van der Waals surface area (Å²) in [6, 6.07) is 14.7. The van der Waals surface area contributed by atoms with E-state index in [1.54, 1.807) is 0 Å². The third-order valence-corrected chi connectivity index (χ3v) is 4.54. The van der Waals surface area contributed by atoms with Gasteiger partial charge < -0.3 is 10.6 Å². The maximum absolute atomic E-state index is 12.3. The Labute approximate surface area is 124 Å². The van der Waals surface area contributed by atoms with Crippen molar-refractivity contribution in [3.05, 3.63) is 70.3 Å². The number of fused-ring (bicyclic) bond motifs is 2. The molecule has 1 aliphatic heterocycles. The lowest BCUT2D eigenvalue weighted by Gasteiger charge is -2.28. The summed E-state index contributed by atoms with van der Waals surface area (Å²) in [5.74, 6) is 0.185. The highest BCUT2D eigenvalue weighted by Gasteiger charge is 2.31. The van der Waals surface area contributed by atoms with Crippen molar-refractivity contribution in [2.24, 2.45) is 0 Å². The van der Waals surface area contributed by atoms with E-state index < -0.39 is 0 Å². The lowest BCUT2D eigenvalue weighted by molar-refractivity contribution is -0.123. The highest BCUT2D eigenvalue weighted by atomic mass is 16.1. The van der Waals surface area contributed by atoms with Gasteiger partial charge in [-0.05, 0) is 34.2 Å². The minimum atomic E-state index is 0.0392. The van der Waals surface area contributed by atoms with E-state index in [2.05, 4.69) is 41.0 Å². The highest BCUT2D eigenvalue weighted by molar-refractivity contribution is 5.86. The monoisotopic (exact) mass is 278 g/mol. The lowest BCUT2D eigenvalue weighted by atomic mass is 9.77. The zero-order chi connectivity index (χ0) is 14.2. The average molecular weight is 278 g/mol. The molecule has 2 aromatic rings.